The predicted octanol–water partition coefficient (Wildman–Crippen LogP) is 11.0. The van der Waals surface area contributed by atoms with Crippen LogP contribution in [-0.2, 0) is 16.0 Å². The summed E-state index contributed by atoms with van der Waals surface area (Å²) in [6.07, 6.45) is 16.4. The van der Waals surface area contributed by atoms with E-state index in [-0.39, 0.29) is 11.5 Å². The highest BCUT2D eigenvalue weighted by Crippen LogP contribution is 2.28. The van der Waals surface area contributed by atoms with Crippen molar-refractivity contribution in [1.29, 1.82) is 0 Å². The summed E-state index contributed by atoms with van der Waals surface area (Å²) in [4.78, 5) is 8.95. The lowest BCUT2D eigenvalue weighted by Gasteiger charge is -2.07. The van der Waals surface area contributed by atoms with Crippen LogP contribution in [-0.4, -0.2) is 23.8 Å². The smallest absolute Gasteiger partial charge is 0.292 e. The number of hydrogen-bond acceptors (Lipinski definition) is 4. The normalized spacial score (nSPS) is 10.6. The van der Waals surface area contributed by atoms with Gasteiger partial charge in [-0.15, -0.1) is 0 Å². The number of phenols is 2. The number of phenolic OH excluding ortho intramolecular Hbond substituents is 2. The average Bonchev–Trinajstić information content (AvgIpc) is 2.93. The molecule has 39 heavy (non-hydrogen) atoms. The molecule has 1 aromatic carbocycles. The Bertz CT molecular complexity index is 838. The highest BCUT2D eigenvalue weighted by Gasteiger charge is 2.05. The van der Waals surface area contributed by atoms with E-state index in [1.807, 2.05) is 48.5 Å². The molecular formula is C35H62O4. The van der Waals surface area contributed by atoms with E-state index in [0.29, 0.717) is 18.5 Å². The van der Waals surface area contributed by atoms with Crippen molar-refractivity contribution in [1.82, 2.24) is 0 Å². The Hall–Kier alpha value is -2.75. The number of carbonyl (C=O) groups is 1. The Morgan fingerprint density at radius 3 is 1.49 bits per heavy atom. The molecule has 1 rings (SSSR count). The predicted molar refractivity (Wildman–Crippen MR) is 174 cm³/mol. The van der Waals surface area contributed by atoms with Crippen molar-refractivity contribution in [2.45, 2.75) is 128 Å². The number of hydrogen-bond donors (Lipinski definition) is 2. The maximum Gasteiger partial charge on any atom is 0.292 e. The molecule has 1 aromatic rings. The van der Waals surface area contributed by atoms with Crippen molar-refractivity contribution in [2.24, 2.45) is 0 Å². The van der Waals surface area contributed by atoms with Crippen LogP contribution in [0.4, 0.5) is 0 Å². The molecule has 0 aliphatic carbocycles. The van der Waals surface area contributed by atoms with Crippen LogP contribution in [0.5, 0.6) is 11.5 Å². The number of aryl methyl sites for hydroxylation is 1. The number of ether oxygens (including phenoxy) is 1. The van der Waals surface area contributed by atoms with Gasteiger partial charge in [-0.2, -0.15) is 0 Å². The van der Waals surface area contributed by atoms with Crippen molar-refractivity contribution in [3.63, 3.8) is 0 Å². The number of benzene rings is 1. The number of methoxy groups -OCH3 is 1. The van der Waals surface area contributed by atoms with Crippen molar-refractivity contribution >= 4 is 6.47 Å². The Labute approximate surface area is 242 Å². The van der Waals surface area contributed by atoms with Crippen LogP contribution in [0.15, 0.2) is 58.7 Å². The standard InChI is InChI=1S/C27H40O2.C2H4O2.3C2H6/c1-20(2)10-7-11-21(3)12-8-13-22(4)14-9-15-23(5)16-17-25-19-26(28)18-24(6)27(25)29;1-4-2-3;3*1-2/h10,12,14,16,18-19,28-29H,7-9,11,13,15,17H2,1-6H3;2H,1H3;3*1-2H3/b21-12+,22-14+,23-16+;;;;. The minimum Gasteiger partial charge on any atom is -0.508 e. The van der Waals surface area contributed by atoms with Gasteiger partial charge in [-0.3, -0.25) is 4.79 Å². The van der Waals surface area contributed by atoms with Gasteiger partial charge in [-0.05, 0) is 104 Å². The molecule has 0 radical (unpaired) electrons. The van der Waals surface area contributed by atoms with E-state index in [9.17, 15) is 10.2 Å². The van der Waals surface area contributed by atoms with E-state index in [1.54, 1.807) is 12.1 Å². The molecule has 0 atom stereocenters. The molecule has 2 N–H and O–H groups in total. The number of allylic oxidation sites excluding steroid dienone is 8. The van der Waals surface area contributed by atoms with E-state index in [0.717, 1.165) is 44.1 Å². The molecule has 0 bridgehead atoms. The van der Waals surface area contributed by atoms with Crippen molar-refractivity contribution < 1.29 is 19.7 Å². The van der Waals surface area contributed by atoms with Crippen molar-refractivity contribution in [3.05, 3.63) is 69.9 Å². The Morgan fingerprint density at radius 1 is 0.718 bits per heavy atom. The summed E-state index contributed by atoms with van der Waals surface area (Å²) >= 11 is 0. The second-order valence-corrected chi connectivity index (χ2v) is 8.86. The third kappa shape index (κ3) is 28.1. The molecule has 0 aliphatic heterocycles. The van der Waals surface area contributed by atoms with Gasteiger partial charge in [-0.25, -0.2) is 0 Å². The summed E-state index contributed by atoms with van der Waals surface area (Å²) < 4.78 is 3.86. The third-order valence-corrected chi connectivity index (χ3v) is 5.29. The molecule has 0 saturated carbocycles. The molecule has 0 heterocycles. The molecule has 0 spiro atoms. The summed E-state index contributed by atoms with van der Waals surface area (Å²) in [7, 11) is 1.31. The molecule has 0 saturated heterocycles. The number of aromatic hydroxyl groups is 2. The number of rotatable bonds is 12. The maximum atomic E-state index is 10.1. The first kappa shape index (κ1) is 43.3. The van der Waals surface area contributed by atoms with Crippen LogP contribution in [0.2, 0.25) is 0 Å². The molecule has 0 aliphatic rings. The van der Waals surface area contributed by atoms with Crippen molar-refractivity contribution in [2.75, 3.05) is 7.11 Å². The highest BCUT2D eigenvalue weighted by atomic mass is 16.5. The van der Waals surface area contributed by atoms with Gasteiger partial charge in [0, 0.05) is 5.56 Å². The third-order valence-electron chi connectivity index (χ3n) is 5.29. The minimum absolute atomic E-state index is 0.209. The lowest BCUT2D eigenvalue weighted by atomic mass is 10.0. The van der Waals surface area contributed by atoms with Gasteiger partial charge in [0.15, 0.2) is 0 Å². The zero-order chi connectivity index (χ0) is 31.2. The average molecular weight is 547 g/mol. The topological polar surface area (TPSA) is 66.8 Å². The molecular weight excluding hydrogens is 484 g/mol. The molecule has 226 valence electrons. The van der Waals surface area contributed by atoms with Gasteiger partial charge < -0.3 is 14.9 Å². The number of carbonyl (C=O) groups excluding carboxylic acids is 1. The SMILES string of the molecule is CC.CC.CC.CC(C)=CCC/C(C)=C/CC/C(C)=C/CC/C(C)=C/Cc1cc(O)cc(C)c1O.COC=O. The molecule has 0 fully saturated rings. The van der Waals surface area contributed by atoms with E-state index < -0.39 is 0 Å². The molecule has 0 unspecified atom stereocenters. The van der Waals surface area contributed by atoms with E-state index in [1.165, 1.54) is 29.4 Å². The van der Waals surface area contributed by atoms with Crippen LogP contribution in [0.1, 0.15) is 126 Å². The summed E-state index contributed by atoms with van der Waals surface area (Å²) in [5.74, 6) is 0.493. The van der Waals surface area contributed by atoms with Crippen LogP contribution in [0, 0.1) is 6.92 Å². The largest absolute Gasteiger partial charge is 0.508 e. The molecule has 0 amide bonds. The zero-order valence-corrected chi connectivity index (χ0v) is 27.7. The van der Waals surface area contributed by atoms with E-state index in [4.69, 9.17) is 4.79 Å². The van der Waals surface area contributed by atoms with Gasteiger partial charge >= 0.3 is 0 Å². The van der Waals surface area contributed by atoms with Gasteiger partial charge in [0.25, 0.3) is 6.47 Å². The molecule has 0 aromatic heterocycles. The van der Waals surface area contributed by atoms with Gasteiger partial charge in [0.2, 0.25) is 0 Å². The van der Waals surface area contributed by atoms with Crippen LogP contribution < -0.4 is 0 Å². The van der Waals surface area contributed by atoms with Crippen molar-refractivity contribution in [3.8, 4) is 11.5 Å². The zero-order valence-electron chi connectivity index (χ0n) is 27.7. The Kier molecular flexibility index (Phi) is 34.9. The second-order valence-electron chi connectivity index (χ2n) is 8.86. The molecule has 4 nitrogen and oxygen atoms in total. The van der Waals surface area contributed by atoms with Crippen LogP contribution in [0.3, 0.4) is 0 Å². The maximum absolute atomic E-state index is 10.1. The van der Waals surface area contributed by atoms with Gasteiger partial charge in [0.1, 0.15) is 11.5 Å². The van der Waals surface area contributed by atoms with Gasteiger partial charge in [0.05, 0.1) is 7.11 Å². The summed E-state index contributed by atoms with van der Waals surface area (Å²) in [5.41, 5.74) is 7.14. The minimum atomic E-state index is 0.209. The first-order valence-corrected chi connectivity index (χ1v) is 14.7. The second kappa shape index (κ2) is 31.5. The lowest BCUT2D eigenvalue weighted by molar-refractivity contribution is -0.126. The highest BCUT2D eigenvalue weighted by molar-refractivity contribution is 5.46. The van der Waals surface area contributed by atoms with Crippen LogP contribution >= 0.6 is 0 Å². The van der Waals surface area contributed by atoms with Crippen LogP contribution in [0.25, 0.3) is 0 Å². The summed E-state index contributed by atoms with van der Waals surface area (Å²) in [6.45, 7) is 25.1. The fraction of sp³-hybridized carbons (Fsp3) is 0.571. The molecule has 4 heteroatoms. The fourth-order valence-corrected chi connectivity index (χ4v) is 3.26. The monoisotopic (exact) mass is 546 g/mol. The lowest BCUT2D eigenvalue weighted by Crippen LogP contribution is -1.88. The van der Waals surface area contributed by atoms with E-state index in [2.05, 4.69) is 63.7 Å². The first-order valence-electron chi connectivity index (χ1n) is 14.7. The first-order chi connectivity index (χ1) is 18.6. The summed E-state index contributed by atoms with van der Waals surface area (Å²) in [6, 6.07) is 3.23. The van der Waals surface area contributed by atoms with E-state index >= 15 is 0 Å². The fourth-order valence-electron chi connectivity index (χ4n) is 3.26. The van der Waals surface area contributed by atoms with Gasteiger partial charge in [-0.1, -0.05) is 88.1 Å². The summed E-state index contributed by atoms with van der Waals surface area (Å²) in [5, 5.41) is 19.8. The Morgan fingerprint density at radius 2 is 1.10 bits per heavy atom. The Balaban J connectivity index is -0.000000537. The quantitative estimate of drug-likeness (QED) is 0.155.